The molecule has 1 aliphatic heterocycles. The van der Waals surface area contributed by atoms with Crippen molar-refractivity contribution in [3.8, 4) is 5.75 Å². The molecule has 7 heteroatoms. The van der Waals surface area contributed by atoms with Gasteiger partial charge in [-0.25, -0.2) is 4.79 Å². The molecule has 2 aromatic heterocycles. The van der Waals surface area contributed by atoms with Gasteiger partial charge in [0.25, 0.3) is 5.56 Å². The Morgan fingerprint density at radius 3 is 2.71 bits per heavy atom. The van der Waals surface area contributed by atoms with E-state index < -0.39 is 0 Å². The summed E-state index contributed by atoms with van der Waals surface area (Å²) < 4.78 is 7.52. The summed E-state index contributed by atoms with van der Waals surface area (Å²) >= 11 is 1.51. The number of carbonyl (C=O) groups excluding carboxylic acids is 1. The van der Waals surface area contributed by atoms with Crippen molar-refractivity contribution >= 4 is 22.4 Å². The fourth-order valence-electron chi connectivity index (χ4n) is 2.71. The van der Waals surface area contributed by atoms with Crippen molar-refractivity contribution in [3.63, 3.8) is 0 Å². The van der Waals surface area contributed by atoms with E-state index in [9.17, 15) is 9.59 Å². The van der Waals surface area contributed by atoms with Gasteiger partial charge in [0, 0.05) is 44.7 Å². The topological polar surface area (TPSA) is 63.6 Å². The fourth-order valence-corrected chi connectivity index (χ4v) is 3.32. The van der Waals surface area contributed by atoms with Crippen LogP contribution in [0.5, 0.6) is 5.75 Å². The van der Waals surface area contributed by atoms with Crippen molar-refractivity contribution in [2.24, 2.45) is 7.05 Å². The Bertz CT molecular complexity index is 762. The Morgan fingerprint density at radius 2 is 2.08 bits per heavy atom. The van der Waals surface area contributed by atoms with Crippen molar-refractivity contribution in [1.82, 2.24) is 9.47 Å². The smallest absolute Gasteiger partial charge is 0.322 e. The molecule has 1 saturated heterocycles. The van der Waals surface area contributed by atoms with Crippen LogP contribution in [0, 0.1) is 6.92 Å². The van der Waals surface area contributed by atoms with Crippen LogP contribution in [0.25, 0.3) is 0 Å². The molecule has 2 amide bonds. The first kappa shape index (κ1) is 16.6. The van der Waals surface area contributed by atoms with Crippen LogP contribution in [0.3, 0.4) is 0 Å². The van der Waals surface area contributed by atoms with E-state index >= 15 is 0 Å². The van der Waals surface area contributed by atoms with Gasteiger partial charge in [-0.3, -0.25) is 10.1 Å². The second kappa shape index (κ2) is 7.09. The lowest BCUT2D eigenvalue weighted by atomic mass is 10.1. The predicted molar refractivity (Wildman–Crippen MR) is 95.0 cm³/mol. The minimum atomic E-state index is -0.0715. The molecule has 0 saturated carbocycles. The van der Waals surface area contributed by atoms with Crippen LogP contribution in [0.1, 0.15) is 18.5 Å². The van der Waals surface area contributed by atoms with Gasteiger partial charge in [-0.15, -0.1) is 11.3 Å². The molecule has 0 radical (unpaired) electrons. The lowest BCUT2D eigenvalue weighted by molar-refractivity contribution is 0.115. The van der Waals surface area contributed by atoms with Crippen molar-refractivity contribution in [1.29, 1.82) is 0 Å². The molecular formula is C17H21N3O3S. The lowest BCUT2D eigenvalue weighted by Gasteiger charge is -2.32. The summed E-state index contributed by atoms with van der Waals surface area (Å²) in [6, 6.07) is 7.11. The molecule has 24 heavy (non-hydrogen) atoms. The molecule has 0 unspecified atom stereocenters. The number of carbonyl (C=O) groups is 1. The summed E-state index contributed by atoms with van der Waals surface area (Å²) in [6.45, 7) is 3.17. The van der Waals surface area contributed by atoms with Gasteiger partial charge < -0.3 is 14.2 Å². The Labute approximate surface area is 144 Å². The van der Waals surface area contributed by atoms with Crippen LogP contribution in [-0.2, 0) is 7.05 Å². The number of thiophene rings is 1. The minimum Gasteiger partial charge on any atom is -0.490 e. The van der Waals surface area contributed by atoms with Crippen LogP contribution >= 0.6 is 11.3 Å². The highest BCUT2D eigenvalue weighted by Gasteiger charge is 2.24. The molecule has 6 nitrogen and oxygen atoms in total. The lowest BCUT2D eigenvalue weighted by Crippen LogP contribution is -2.43. The van der Waals surface area contributed by atoms with E-state index in [1.807, 2.05) is 30.5 Å². The standard InChI is InChI=1S/C17H21N3O3S/c1-12-10-14(11-16(21)19(12)2)23-13-5-7-20(8-6-13)17(22)18-15-4-3-9-24-15/h3-4,9-11,13H,5-8H2,1-2H3,(H,18,22). The maximum Gasteiger partial charge on any atom is 0.322 e. The Kier molecular flexibility index (Phi) is 4.89. The first-order chi connectivity index (χ1) is 11.5. The number of urea groups is 1. The molecule has 0 atom stereocenters. The summed E-state index contributed by atoms with van der Waals surface area (Å²) in [5, 5.41) is 5.69. The summed E-state index contributed by atoms with van der Waals surface area (Å²) in [4.78, 5) is 25.8. The number of ether oxygens (including phenoxy) is 1. The molecule has 0 bridgehead atoms. The monoisotopic (exact) mass is 347 g/mol. The van der Waals surface area contributed by atoms with E-state index in [4.69, 9.17) is 4.74 Å². The fraction of sp³-hybridized carbons (Fsp3) is 0.412. The van der Waals surface area contributed by atoms with E-state index in [1.54, 1.807) is 16.5 Å². The second-order valence-electron chi connectivity index (χ2n) is 5.94. The highest BCUT2D eigenvalue weighted by Crippen LogP contribution is 2.20. The maximum atomic E-state index is 12.2. The van der Waals surface area contributed by atoms with Crippen molar-refractivity contribution < 1.29 is 9.53 Å². The normalized spacial score (nSPS) is 15.3. The Morgan fingerprint density at radius 1 is 1.33 bits per heavy atom. The summed E-state index contributed by atoms with van der Waals surface area (Å²) in [5.41, 5.74) is 0.794. The van der Waals surface area contributed by atoms with Crippen LogP contribution in [0.15, 0.2) is 34.4 Å². The molecule has 1 fully saturated rings. The molecular weight excluding hydrogens is 326 g/mol. The van der Waals surface area contributed by atoms with Gasteiger partial charge in [-0.05, 0) is 30.5 Å². The van der Waals surface area contributed by atoms with Crippen molar-refractivity contribution in [3.05, 3.63) is 45.7 Å². The van der Waals surface area contributed by atoms with Crippen molar-refractivity contribution in [2.75, 3.05) is 18.4 Å². The van der Waals surface area contributed by atoms with E-state index in [-0.39, 0.29) is 17.7 Å². The third-order valence-electron chi connectivity index (χ3n) is 4.26. The van der Waals surface area contributed by atoms with Crippen LogP contribution in [0.4, 0.5) is 9.80 Å². The molecule has 3 rings (SSSR count). The number of likely N-dealkylation sites (tertiary alicyclic amines) is 1. The van der Waals surface area contributed by atoms with Crippen LogP contribution in [-0.4, -0.2) is 34.7 Å². The highest BCUT2D eigenvalue weighted by molar-refractivity contribution is 7.14. The highest BCUT2D eigenvalue weighted by atomic mass is 32.1. The zero-order valence-electron chi connectivity index (χ0n) is 13.8. The van der Waals surface area contributed by atoms with Gasteiger partial charge in [-0.1, -0.05) is 0 Å². The maximum absolute atomic E-state index is 12.2. The third-order valence-corrected chi connectivity index (χ3v) is 5.05. The zero-order chi connectivity index (χ0) is 17.1. The number of nitrogens with one attached hydrogen (secondary N) is 1. The Balaban J connectivity index is 1.53. The average Bonchev–Trinajstić information content (AvgIpc) is 3.06. The number of hydrogen-bond donors (Lipinski definition) is 1. The quantitative estimate of drug-likeness (QED) is 0.929. The largest absolute Gasteiger partial charge is 0.490 e. The van der Waals surface area contributed by atoms with Gasteiger partial charge in [0.05, 0.1) is 5.00 Å². The minimum absolute atomic E-state index is 0.0299. The summed E-state index contributed by atoms with van der Waals surface area (Å²) in [7, 11) is 1.74. The third kappa shape index (κ3) is 3.79. The first-order valence-electron chi connectivity index (χ1n) is 7.96. The van der Waals surface area contributed by atoms with E-state index in [1.165, 1.54) is 17.4 Å². The number of piperidine rings is 1. The summed E-state index contributed by atoms with van der Waals surface area (Å²) in [6.07, 6.45) is 1.54. The molecule has 0 spiro atoms. The second-order valence-corrected chi connectivity index (χ2v) is 6.89. The molecule has 2 aromatic rings. The molecule has 0 aliphatic carbocycles. The van der Waals surface area contributed by atoms with Gasteiger partial charge in [0.2, 0.25) is 0 Å². The van der Waals surface area contributed by atoms with Crippen molar-refractivity contribution in [2.45, 2.75) is 25.9 Å². The van der Waals surface area contributed by atoms with Gasteiger partial charge in [0.1, 0.15) is 11.9 Å². The van der Waals surface area contributed by atoms with E-state index in [0.717, 1.165) is 23.5 Å². The number of pyridine rings is 1. The van der Waals surface area contributed by atoms with E-state index in [0.29, 0.717) is 18.8 Å². The molecule has 3 heterocycles. The molecule has 128 valence electrons. The number of hydrogen-bond acceptors (Lipinski definition) is 4. The predicted octanol–water partition coefficient (Wildman–Crippen LogP) is 2.83. The van der Waals surface area contributed by atoms with Gasteiger partial charge in [-0.2, -0.15) is 0 Å². The first-order valence-corrected chi connectivity index (χ1v) is 8.84. The number of aromatic nitrogens is 1. The van der Waals surface area contributed by atoms with Gasteiger partial charge >= 0.3 is 6.03 Å². The number of anilines is 1. The van der Waals surface area contributed by atoms with Gasteiger partial charge in [0.15, 0.2) is 0 Å². The number of amides is 2. The number of rotatable bonds is 3. The van der Waals surface area contributed by atoms with Crippen LogP contribution in [0.2, 0.25) is 0 Å². The Hall–Kier alpha value is -2.28. The number of nitrogens with zero attached hydrogens (tertiary/aromatic N) is 2. The zero-order valence-corrected chi connectivity index (χ0v) is 14.6. The molecule has 0 aromatic carbocycles. The van der Waals surface area contributed by atoms with Crippen LogP contribution < -0.4 is 15.6 Å². The van der Waals surface area contributed by atoms with E-state index in [2.05, 4.69) is 5.32 Å². The average molecular weight is 347 g/mol. The number of aryl methyl sites for hydroxylation is 1. The molecule has 1 aliphatic rings. The molecule has 1 N–H and O–H groups in total. The summed E-state index contributed by atoms with van der Waals surface area (Å²) in [5.74, 6) is 0.608. The SMILES string of the molecule is Cc1cc(OC2CCN(C(=O)Nc3cccs3)CC2)cc(=O)n1C.